The van der Waals surface area contributed by atoms with E-state index in [1.165, 1.54) is 12.1 Å². The van der Waals surface area contributed by atoms with Gasteiger partial charge < -0.3 is 11.1 Å². The number of H-pyrrole nitrogens is 1. The van der Waals surface area contributed by atoms with E-state index in [1.54, 1.807) is 6.07 Å². The molecule has 0 fully saturated rings. The van der Waals surface area contributed by atoms with Crippen molar-refractivity contribution in [1.29, 1.82) is 0 Å². The molecule has 0 spiro atoms. The van der Waals surface area contributed by atoms with Gasteiger partial charge in [-0.3, -0.25) is 20.0 Å². The molecule has 10 heteroatoms. The summed E-state index contributed by atoms with van der Waals surface area (Å²) in [6, 6.07) is 4.25. The smallest absolute Gasteiger partial charge is 0.293 e. The largest absolute Gasteiger partial charge is 0.366 e. The number of aromatic amines is 1. The number of aromatic nitrogens is 3. The van der Waals surface area contributed by atoms with Gasteiger partial charge in [0.05, 0.1) is 4.92 Å². The van der Waals surface area contributed by atoms with Crippen LogP contribution in [0, 0.1) is 10.1 Å². The van der Waals surface area contributed by atoms with Gasteiger partial charge in [0.1, 0.15) is 5.69 Å². The molecule has 1 aromatic carbocycles. The van der Waals surface area contributed by atoms with E-state index in [4.69, 9.17) is 5.73 Å². The Morgan fingerprint density at radius 3 is 2.84 bits per heavy atom. The fraction of sp³-hybridized carbons (Fsp3) is 0. The topological polar surface area (TPSA) is 140 Å². The number of hydrogen-bond acceptors (Lipinski definition) is 6. The molecule has 9 nitrogen and oxygen atoms in total. The number of nitrogens with one attached hydrogen (secondary N) is 2. The molecule has 2 aromatic rings. The first kappa shape index (κ1) is 13.0. The minimum Gasteiger partial charge on any atom is -0.366 e. The minimum atomic E-state index is -0.672. The van der Waals surface area contributed by atoms with E-state index in [1.807, 2.05) is 0 Å². The monoisotopic (exact) mass is 326 g/mol. The second-order valence-electron chi connectivity index (χ2n) is 3.41. The van der Waals surface area contributed by atoms with Crippen molar-refractivity contribution in [3.8, 4) is 0 Å². The summed E-state index contributed by atoms with van der Waals surface area (Å²) in [6.07, 6.45) is 0. The molecule has 0 atom stereocenters. The lowest BCUT2D eigenvalue weighted by atomic mass is 10.2. The van der Waals surface area contributed by atoms with E-state index in [9.17, 15) is 14.9 Å². The normalized spacial score (nSPS) is 10.2. The third-order valence-corrected chi connectivity index (χ3v) is 2.62. The average Bonchev–Trinajstić information content (AvgIpc) is 2.78. The summed E-state index contributed by atoms with van der Waals surface area (Å²) in [4.78, 5) is 25.6. The summed E-state index contributed by atoms with van der Waals surface area (Å²) >= 11 is 3.12. The maximum absolute atomic E-state index is 11.8. The predicted molar refractivity (Wildman–Crippen MR) is 69.5 cm³/mol. The summed E-state index contributed by atoms with van der Waals surface area (Å²) in [5.41, 5.74) is 5.07. The van der Waals surface area contributed by atoms with Gasteiger partial charge in [-0.05, 0) is 12.1 Å². The molecule has 1 heterocycles. The van der Waals surface area contributed by atoms with Crippen molar-refractivity contribution < 1.29 is 9.72 Å². The van der Waals surface area contributed by atoms with Gasteiger partial charge in [-0.25, -0.2) is 0 Å². The molecule has 0 bridgehead atoms. The van der Waals surface area contributed by atoms with Crippen LogP contribution in [0.25, 0.3) is 0 Å². The summed E-state index contributed by atoms with van der Waals surface area (Å²) in [7, 11) is 0. The molecule has 98 valence electrons. The van der Waals surface area contributed by atoms with Crippen LogP contribution in [0.15, 0.2) is 22.7 Å². The Balaban J connectivity index is 2.28. The highest BCUT2D eigenvalue weighted by atomic mass is 79.9. The lowest BCUT2D eigenvalue weighted by Gasteiger charge is -2.04. The van der Waals surface area contributed by atoms with E-state index in [0.717, 1.165) is 0 Å². The van der Waals surface area contributed by atoms with Gasteiger partial charge in [-0.2, -0.15) is 4.98 Å². The number of nitrogens with two attached hydrogens (primary N) is 1. The van der Waals surface area contributed by atoms with Gasteiger partial charge >= 0.3 is 0 Å². The molecule has 1 amide bonds. The van der Waals surface area contributed by atoms with Crippen molar-refractivity contribution in [2.75, 3.05) is 11.1 Å². The molecule has 1 aromatic heterocycles. The van der Waals surface area contributed by atoms with E-state index >= 15 is 0 Å². The number of nitrogens with zero attached hydrogens (tertiary/aromatic N) is 3. The molecular formula is C9H7BrN6O3. The number of nitrogen functional groups attached to an aromatic ring is 1. The summed E-state index contributed by atoms with van der Waals surface area (Å²) in [6.45, 7) is 0. The van der Waals surface area contributed by atoms with E-state index < -0.39 is 10.8 Å². The van der Waals surface area contributed by atoms with Crippen molar-refractivity contribution in [1.82, 2.24) is 15.2 Å². The third-order valence-electron chi connectivity index (χ3n) is 2.12. The summed E-state index contributed by atoms with van der Waals surface area (Å²) < 4.78 is 0.529. The van der Waals surface area contributed by atoms with Gasteiger partial charge in [0, 0.05) is 10.5 Å². The molecular weight excluding hydrogens is 320 g/mol. The fourth-order valence-electron chi connectivity index (χ4n) is 1.32. The molecule has 2 rings (SSSR count). The van der Waals surface area contributed by atoms with Crippen LogP contribution >= 0.6 is 15.9 Å². The van der Waals surface area contributed by atoms with Gasteiger partial charge in [-0.1, -0.05) is 15.9 Å². The summed E-state index contributed by atoms with van der Waals surface area (Å²) in [5, 5.41) is 19.0. The second-order valence-corrected chi connectivity index (χ2v) is 4.33. The van der Waals surface area contributed by atoms with Crippen LogP contribution in [0.4, 0.5) is 17.3 Å². The number of anilines is 2. The van der Waals surface area contributed by atoms with Gasteiger partial charge in [0.15, 0.2) is 0 Å². The van der Waals surface area contributed by atoms with Crippen LogP contribution in [0.5, 0.6) is 0 Å². The Kier molecular flexibility index (Phi) is 3.42. The molecule has 0 radical (unpaired) electrons. The number of carbonyl (C=O) groups is 1. The first-order chi connectivity index (χ1) is 8.97. The van der Waals surface area contributed by atoms with Gasteiger partial charge in [-0.15, -0.1) is 5.10 Å². The molecule has 0 saturated carbocycles. The number of nitro groups is 1. The van der Waals surface area contributed by atoms with Gasteiger partial charge in [0.25, 0.3) is 11.6 Å². The lowest BCUT2D eigenvalue weighted by molar-refractivity contribution is -0.384. The maximum atomic E-state index is 11.8. The Morgan fingerprint density at radius 2 is 2.26 bits per heavy atom. The number of nitro benzene ring substituents is 1. The minimum absolute atomic E-state index is 0.0492. The zero-order valence-corrected chi connectivity index (χ0v) is 10.8. The number of amides is 1. The highest BCUT2D eigenvalue weighted by Gasteiger charge is 2.18. The maximum Gasteiger partial charge on any atom is 0.293 e. The first-order valence-electron chi connectivity index (χ1n) is 4.90. The molecule has 4 N–H and O–H groups in total. The molecule has 0 aliphatic rings. The predicted octanol–water partition coefficient (Wildman–Crippen LogP) is 1.31. The highest BCUT2D eigenvalue weighted by Crippen LogP contribution is 2.28. The van der Waals surface area contributed by atoms with Crippen LogP contribution in [0.1, 0.15) is 10.6 Å². The quantitative estimate of drug-likeness (QED) is 0.573. The first-order valence-corrected chi connectivity index (χ1v) is 5.70. The fourth-order valence-corrected chi connectivity index (χ4v) is 1.67. The van der Waals surface area contributed by atoms with Crippen molar-refractivity contribution in [3.63, 3.8) is 0 Å². The molecule has 19 heavy (non-hydrogen) atoms. The molecule has 0 saturated heterocycles. The number of carbonyl (C=O) groups excluding carboxylic acids is 1. The SMILES string of the molecule is Nc1n[nH]c(C(=O)Nc2ccc(Br)cc2[N+](=O)[O-])n1. The van der Waals surface area contributed by atoms with Crippen LogP contribution in [0.2, 0.25) is 0 Å². The molecule has 0 aliphatic carbocycles. The second kappa shape index (κ2) is 5.02. The average molecular weight is 327 g/mol. The molecule has 0 unspecified atom stereocenters. The van der Waals surface area contributed by atoms with Crippen molar-refractivity contribution in [3.05, 3.63) is 38.6 Å². The van der Waals surface area contributed by atoms with Crippen LogP contribution in [0.3, 0.4) is 0 Å². The van der Waals surface area contributed by atoms with Gasteiger partial charge in [0.2, 0.25) is 11.8 Å². The third kappa shape index (κ3) is 2.85. The molecule has 0 aliphatic heterocycles. The van der Waals surface area contributed by atoms with E-state index in [2.05, 4.69) is 36.4 Å². The summed E-state index contributed by atoms with van der Waals surface area (Å²) in [5.74, 6) is -0.889. The standard InChI is InChI=1S/C9H7BrN6O3/c10-4-1-2-5(6(3-4)16(18)19)12-8(17)7-13-9(11)15-14-7/h1-3H,(H,12,17)(H3,11,13,14,15). The number of rotatable bonds is 3. The van der Waals surface area contributed by atoms with Crippen molar-refractivity contribution in [2.45, 2.75) is 0 Å². The number of halogens is 1. The zero-order chi connectivity index (χ0) is 14.0. The van der Waals surface area contributed by atoms with Crippen molar-refractivity contribution >= 4 is 39.2 Å². The van der Waals surface area contributed by atoms with Crippen LogP contribution in [-0.4, -0.2) is 26.0 Å². The number of hydrogen-bond donors (Lipinski definition) is 3. The van der Waals surface area contributed by atoms with Crippen LogP contribution in [-0.2, 0) is 0 Å². The van der Waals surface area contributed by atoms with Crippen molar-refractivity contribution in [2.24, 2.45) is 0 Å². The zero-order valence-electron chi connectivity index (χ0n) is 9.25. The number of benzene rings is 1. The lowest BCUT2D eigenvalue weighted by Crippen LogP contribution is -2.15. The Bertz CT molecular complexity index is 655. The van der Waals surface area contributed by atoms with E-state index in [0.29, 0.717) is 4.47 Å². The highest BCUT2D eigenvalue weighted by molar-refractivity contribution is 9.10. The Labute approximate surface area is 114 Å². The van der Waals surface area contributed by atoms with E-state index in [-0.39, 0.29) is 23.1 Å². The Morgan fingerprint density at radius 1 is 1.53 bits per heavy atom. The Hall–Kier alpha value is -2.49. The van der Waals surface area contributed by atoms with Crippen LogP contribution < -0.4 is 11.1 Å².